The van der Waals surface area contributed by atoms with E-state index < -0.39 is 16.0 Å². The number of hydrogen-bond acceptors (Lipinski definition) is 6. The highest BCUT2D eigenvalue weighted by atomic mass is 32.2. The molecule has 1 fully saturated rings. The number of hydrogen-bond donors (Lipinski definition) is 1. The van der Waals surface area contributed by atoms with Crippen molar-refractivity contribution in [2.75, 3.05) is 32.9 Å². The van der Waals surface area contributed by atoms with Crippen LogP contribution in [0.4, 0.5) is 0 Å². The number of carbonyl (C=O) groups is 1. The van der Waals surface area contributed by atoms with Crippen LogP contribution in [0, 0.1) is 6.92 Å². The van der Waals surface area contributed by atoms with Gasteiger partial charge in [-0.2, -0.15) is 4.31 Å². The van der Waals surface area contributed by atoms with Crippen molar-refractivity contribution >= 4 is 27.0 Å². The first-order valence-corrected chi connectivity index (χ1v) is 11.8. The van der Waals surface area contributed by atoms with E-state index in [-0.39, 0.29) is 35.8 Å². The van der Waals surface area contributed by atoms with Crippen molar-refractivity contribution in [2.45, 2.75) is 24.8 Å². The van der Waals surface area contributed by atoms with Gasteiger partial charge in [0.05, 0.1) is 41.3 Å². The Morgan fingerprint density at radius 3 is 2.69 bits per heavy atom. The van der Waals surface area contributed by atoms with Crippen LogP contribution in [0.25, 0.3) is 11.0 Å². The molecule has 0 saturated carbocycles. The largest absolute Gasteiger partial charge is 0.462 e. The minimum atomic E-state index is -3.71. The molecule has 4 rings (SSSR count). The molecule has 1 aromatic heterocycles. The Labute approximate surface area is 185 Å². The van der Waals surface area contributed by atoms with Crippen LogP contribution in [0.3, 0.4) is 0 Å². The van der Waals surface area contributed by atoms with E-state index in [9.17, 15) is 18.0 Å². The third kappa shape index (κ3) is 4.47. The molecule has 0 radical (unpaired) electrons. The van der Waals surface area contributed by atoms with Crippen LogP contribution in [0.5, 0.6) is 0 Å². The number of carbonyl (C=O) groups excluding carboxylic acids is 1. The van der Waals surface area contributed by atoms with Crippen molar-refractivity contribution in [3.05, 3.63) is 64.1 Å². The van der Waals surface area contributed by atoms with Gasteiger partial charge < -0.3 is 14.5 Å². The molecule has 1 aliphatic rings. The topological polar surface area (TPSA) is 111 Å². The molecule has 0 bridgehead atoms. The summed E-state index contributed by atoms with van der Waals surface area (Å²) in [6.07, 6.45) is 0.443. The zero-order valence-corrected chi connectivity index (χ0v) is 18.6. The van der Waals surface area contributed by atoms with Gasteiger partial charge in [0.1, 0.15) is 0 Å². The number of aromatic nitrogens is 2. The van der Waals surface area contributed by atoms with Gasteiger partial charge in [-0.3, -0.25) is 4.57 Å². The van der Waals surface area contributed by atoms with E-state index in [2.05, 4.69) is 4.98 Å². The fourth-order valence-corrected chi connectivity index (χ4v) is 5.15. The monoisotopic (exact) mass is 459 g/mol. The Morgan fingerprint density at radius 2 is 1.91 bits per heavy atom. The molecule has 0 atom stereocenters. The summed E-state index contributed by atoms with van der Waals surface area (Å²) in [6.45, 7) is 3.48. The average molecular weight is 460 g/mol. The summed E-state index contributed by atoms with van der Waals surface area (Å²) in [5.74, 6) is -0.590. The average Bonchev–Trinajstić information content (AvgIpc) is 3.12. The lowest BCUT2D eigenvalue weighted by Crippen LogP contribution is -2.40. The third-order valence-corrected chi connectivity index (χ3v) is 7.37. The first-order chi connectivity index (χ1) is 15.4. The highest BCUT2D eigenvalue weighted by molar-refractivity contribution is 7.89. The number of fused-ring (bicyclic) bond motifs is 1. The second-order valence-corrected chi connectivity index (χ2v) is 9.52. The molecule has 1 saturated heterocycles. The molecule has 1 N–H and O–H groups in total. The van der Waals surface area contributed by atoms with Crippen LogP contribution in [0.15, 0.2) is 52.2 Å². The number of morpholine rings is 1. The molecule has 10 heteroatoms. The van der Waals surface area contributed by atoms with Gasteiger partial charge in [-0.1, -0.05) is 18.2 Å². The minimum Gasteiger partial charge on any atom is -0.462 e. The Kier molecular flexibility index (Phi) is 6.45. The molecule has 0 amide bonds. The molecule has 2 heterocycles. The number of para-hydroxylation sites is 2. The summed E-state index contributed by atoms with van der Waals surface area (Å²) in [5, 5.41) is 0. The van der Waals surface area contributed by atoms with E-state index in [1.54, 1.807) is 17.6 Å². The van der Waals surface area contributed by atoms with Gasteiger partial charge in [0, 0.05) is 19.6 Å². The number of sulfonamides is 1. The summed E-state index contributed by atoms with van der Waals surface area (Å²) in [4.78, 5) is 27.6. The van der Waals surface area contributed by atoms with E-state index >= 15 is 0 Å². The number of aromatic amines is 1. The van der Waals surface area contributed by atoms with Crippen LogP contribution in [0.1, 0.15) is 22.3 Å². The maximum Gasteiger partial charge on any atom is 0.338 e. The van der Waals surface area contributed by atoms with Crippen LogP contribution in [-0.2, 0) is 26.0 Å². The van der Waals surface area contributed by atoms with Crippen molar-refractivity contribution < 1.29 is 22.7 Å². The molecule has 2 aromatic carbocycles. The molecular formula is C22H25N3O6S. The molecule has 0 spiro atoms. The molecule has 0 unspecified atom stereocenters. The maximum absolute atomic E-state index is 12.9. The van der Waals surface area contributed by atoms with Crippen molar-refractivity contribution in [1.82, 2.24) is 13.9 Å². The normalized spacial score (nSPS) is 15.2. The van der Waals surface area contributed by atoms with E-state index in [1.165, 1.54) is 16.4 Å². The minimum absolute atomic E-state index is 0.0577. The quantitative estimate of drug-likeness (QED) is 0.427. The number of rotatable bonds is 7. The number of nitrogens with one attached hydrogen (secondary N) is 1. The first-order valence-electron chi connectivity index (χ1n) is 10.4. The molecular weight excluding hydrogens is 434 g/mol. The van der Waals surface area contributed by atoms with Gasteiger partial charge in [0.15, 0.2) is 0 Å². The molecule has 32 heavy (non-hydrogen) atoms. The SMILES string of the molecule is Cc1ccc(S(=O)(=O)N2CCOCC2)cc1C(=O)OCCCn1c(=O)[nH]c2ccccc21. The fourth-order valence-electron chi connectivity index (χ4n) is 3.71. The predicted molar refractivity (Wildman–Crippen MR) is 118 cm³/mol. The van der Waals surface area contributed by atoms with E-state index in [0.29, 0.717) is 31.7 Å². The van der Waals surface area contributed by atoms with Crippen LogP contribution in [0.2, 0.25) is 0 Å². The van der Waals surface area contributed by atoms with Gasteiger partial charge in [-0.15, -0.1) is 0 Å². The van der Waals surface area contributed by atoms with Crippen molar-refractivity contribution in [2.24, 2.45) is 0 Å². The number of nitrogens with zero attached hydrogens (tertiary/aromatic N) is 2. The number of aryl methyl sites for hydroxylation is 2. The highest BCUT2D eigenvalue weighted by Gasteiger charge is 2.27. The second-order valence-electron chi connectivity index (χ2n) is 7.58. The standard InChI is InChI=1S/C22H25N3O6S/c1-16-7-8-17(32(28,29)24-10-13-30-14-11-24)15-18(16)21(26)31-12-4-9-25-20-6-3-2-5-19(20)23-22(25)27/h2-3,5-8,15H,4,9-14H2,1H3,(H,23,27). The number of H-pyrrole nitrogens is 1. The summed E-state index contributed by atoms with van der Waals surface area (Å²) in [5.41, 5.74) is 2.17. The zero-order valence-electron chi connectivity index (χ0n) is 17.7. The number of ether oxygens (including phenoxy) is 2. The summed E-state index contributed by atoms with van der Waals surface area (Å²) in [6, 6.07) is 11.9. The molecule has 3 aromatic rings. The summed E-state index contributed by atoms with van der Waals surface area (Å²) < 4.78 is 39.3. The summed E-state index contributed by atoms with van der Waals surface area (Å²) >= 11 is 0. The van der Waals surface area contributed by atoms with E-state index in [4.69, 9.17) is 9.47 Å². The Hall–Kier alpha value is -2.95. The fraction of sp³-hybridized carbons (Fsp3) is 0.364. The molecule has 0 aliphatic carbocycles. The van der Waals surface area contributed by atoms with E-state index in [1.807, 2.05) is 24.3 Å². The molecule has 170 valence electrons. The van der Waals surface area contributed by atoms with Gasteiger partial charge in [0.2, 0.25) is 10.0 Å². The molecule has 1 aliphatic heterocycles. The van der Waals surface area contributed by atoms with Crippen molar-refractivity contribution in [3.63, 3.8) is 0 Å². The van der Waals surface area contributed by atoms with Crippen molar-refractivity contribution in [3.8, 4) is 0 Å². The number of benzene rings is 2. The van der Waals surface area contributed by atoms with E-state index in [0.717, 1.165) is 11.0 Å². The smallest absolute Gasteiger partial charge is 0.338 e. The Bertz CT molecular complexity index is 1290. The predicted octanol–water partition coefficient (Wildman–Crippen LogP) is 1.91. The van der Waals surface area contributed by atoms with Gasteiger partial charge in [-0.05, 0) is 43.2 Å². The Balaban J connectivity index is 1.41. The number of imidazole rings is 1. The van der Waals surface area contributed by atoms with Crippen LogP contribution in [-0.4, -0.2) is 61.2 Å². The maximum atomic E-state index is 12.9. The third-order valence-electron chi connectivity index (χ3n) is 5.48. The first kappa shape index (κ1) is 22.3. The summed E-state index contributed by atoms with van der Waals surface area (Å²) in [7, 11) is -3.71. The second kappa shape index (κ2) is 9.27. The highest BCUT2D eigenvalue weighted by Crippen LogP contribution is 2.21. The van der Waals surface area contributed by atoms with Gasteiger partial charge in [-0.25, -0.2) is 18.0 Å². The Morgan fingerprint density at radius 1 is 1.16 bits per heavy atom. The number of esters is 1. The van der Waals surface area contributed by atoms with Crippen LogP contribution >= 0.6 is 0 Å². The molecule has 9 nitrogen and oxygen atoms in total. The van der Waals surface area contributed by atoms with Crippen LogP contribution < -0.4 is 5.69 Å². The lowest BCUT2D eigenvalue weighted by atomic mass is 10.1. The lowest BCUT2D eigenvalue weighted by molar-refractivity contribution is 0.0495. The van der Waals surface area contributed by atoms with Crippen molar-refractivity contribution in [1.29, 1.82) is 0 Å². The lowest BCUT2D eigenvalue weighted by Gasteiger charge is -2.26. The van der Waals surface area contributed by atoms with Gasteiger partial charge >= 0.3 is 11.7 Å². The van der Waals surface area contributed by atoms with Gasteiger partial charge in [0.25, 0.3) is 0 Å². The zero-order chi connectivity index (χ0) is 22.7.